The third-order valence-corrected chi connectivity index (χ3v) is 5.12. The van der Waals surface area contributed by atoms with Gasteiger partial charge in [0.25, 0.3) is 0 Å². The lowest BCUT2D eigenvalue weighted by molar-refractivity contribution is 0.130. The summed E-state index contributed by atoms with van der Waals surface area (Å²) in [5.41, 5.74) is 0.360. The van der Waals surface area contributed by atoms with Crippen molar-refractivity contribution in [2.24, 2.45) is 5.92 Å². The Morgan fingerprint density at radius 3 is 3.09 bits per heavy atom. The van der Waals surface area contributed by atoms with Gasteiger partial charge in [0.1, 0.15) is 6.07 Å². The van der Waals surface area contributed by atoms with Crippen LogP contribution in [0.4, 0.5) is 5.82 Å². The summed E-state index contributed by atoms with van der Waals surface area (Å²) in [6, 6.07) is 6.85. The van der Waals surface area contributed by atoms with Crippen LogP contribution in [0.3, 0.4) is 0 Å². The Hall–Kier alpha value is -1.97. The predicted octanol–water partition coefficient (Wildman–Crippen LogP) is 2.90. The molecule has 22 heavy (non-hydrogen) atoms. The molecule has 1 aliphatic heterocycles. The molecule has 1 aliphatic rings. The quantitative estimate of drug-likeness (QED) is 0.940. The van der Waals surface area contributed by atoms with E-state index in [0.29, 0.717) is 23.5 Å². The van der Waals surface area contributed by atoms with E-state index in [9.17, 15) is 0 Å². The first kappa shape index (κ1) is 14.9. The van der Waals surface area contributed by atoms with Crippen LogP contribution in [0.15, 0.2) is 29.9 Å². The number of rotatable bonds is 4. The smallest absolute Gasteiger partial charge is 0.182 e. The fraction of sp³-hybridized carbons (Fsp3) is 0.438. The largest absolute Gasteiger partial charge is 0.367 e. The zero-order valence-electron chi connectivity index (χ0n) is 12.6. The molecule has 0 amide bonds. The third-order valence-electron chi connectivity index (χ3n) is 4.18. The summed E-state index contributed by atoms with van der Waals surface area (Å²) in [4.78, 5) is 12.1. The first-order valence-corrected chi connectivity index (χ1v) is 8.36. The Bertz CT molecular complexity index is 649. The molecule has 2 aromatic rings. The Morgan fingerprint density at radius 2 is 2.32 bits per heavy atom. The number of aromatic nitrogens is 2. The van der Waals surface area contributed by atoms with E-state index in [1.54, 1.807) is 12.4 Å². The van der Waals surface area contributed by atoms with Crippen molar-refractivity contribution in [3.05, 3.63) is 40.5 Å². The van der Waals surface area contributed by atoms with E-state index >= 15 is 0 Å². The van der Waals surface area contributed by atoms with E-state index < -0.39 is 0 Å². The molecule has 2 aromatic heterocycles. The van der Waals surface area contributed by atoms with Gasteiger partial charge in [-0.1, -0.05) is 6.07 Å². The van der Waals surface area contributed by atoms with Gasteiger partial charge in [-0.15, -0.1) is 11.3 Å². The summed E-state index contributed by atoms with van der Waals surface area (Å²) >= 11 is 1.82. The summed E-state index contributed by atoms with van der Waals surface area (Å²) in [6.45, 7) is 1.94. The number of hydrogen-bond donors (Lipinski definition) is 1. The van der Waals surface area contributed by atoms with Crippen molar-refractivity contribution in [3.8, 4) is 6.07 Å². The summed E-state index contributed by atoms with van der Waals surface area (Å²) in [7, 11) is 2.19. The number of nitriles is 1. The third kappa shape index (κ3) is 3.11. The van der Waals surface area contributed by atoms with Crippen molar-refractivity contribution in [1.82, 2.24) is 14.9 Å². The molecule has 0 bridgehead atoms. The molecule has 0 spiro atoms. The second kappa shape index (κ2) is 6.86. The fourth-order valence-electron chi connectivity index (χ4n) is 3.16. The summed E-state index contributed by atoms with van der Waals surface area (Å²) in [5, 5.41) is 14.6. The molecule has 114 valence electrons. The van der Waals surface area contributed by atoms with Gasteiger partial charge >= 0.3 is 0 Å². The molecular weight excluding hydrogens is 294 g/mol. The Labute approximate surface area is 134 Å². The molecule has 0 saturated carbocycles. The molecule has 0 aliphatic carbocycles. The van der Waals surface area contributed by atoms with Crippen molar-refractivity contribution in [2.45, 2.75) is 18.9 Å². The lowest BCUT2D eigenvalue weighted by atomic mass is 9.88. The van der Waals surface area contributed by atoms with Crippen LogP contribution in [0.1, 0.15) is 29.5 Å². The maximum Gasteiger partial charge on any atom is 0.182 e. The molecule has 1 saturated heterocycles. The minimum absolute atomic E-state index is 0.360. The predicted molar refractivity (Wildman–Crippen MR) is 87.7 cm³/mol. The zero-order chi connectivity index (χ0) is 15.4. The second-order valence-corrected chi connectivity index (χ2v) is 6.57. The van der Waals surface area contributed by atoms with Gasteiger partial charge in [-0.3, -0.25) is 4.90 Å². The highest BCUT2D eigenvalue weighted by molar-refractivity contribution is 7.10. The number of hydrogen-bond acceptors (Lipinski definition) is 6. The van der Waals surface area contributed by atoms with Crippen molar-refractivity contribution in [1.29, 1.82) is 5.26 Å². The van der Waals surface area contributed by atoms with Crippen molar-refractivity contribution in [3.63, 3.8) is 0 Å². The van der Waals surface area contributed by atoms with Gasteiger partial charge in [-0.25, -0.2) is 9.97 Å². The monoisotopic (exact) mass is 313 g/mol. The summed E-state index contributed by atoms with van der Waals surface area (Å²) in [6.07, 6.45) is 5.55. The highest BCUT2D eigenvalue weighted by Crippen LogP contribution is 2.37. The maximum absolute atomic E-state index is 9.10. The average molecular weight is 313 g/mol. The second-order valence-electron chi connectivity index (χ2n) is 5.59. The van der Waals surface area contributed by atoms with Crippen LogP contribution in [0.2, 0.25) is 0 Å². The molecule has 1 N–H and O–H groups in total. The fourth-order valence-corrected chi connectivity index (χ4v) is 4.14. The van der Waals surface area contributed by atoms with Gasteiger partial charge in [-0.05, 0) is 43.8 Å². The minimum atomic E-state index is 0.360. The number of nitrogens with one attached hydrogen (secondary N) is 1. The Morgan fingerprint density at radius 1 is 1.45 bits per heavy atom. The van der Waals surface area contributed by atoms with E-state index in [1.807, 2.05) is 11.3 Å². The Balaban J connectivity index is 1.74. The van der Waals surface area contributed by atoms with Crippen LogP contribution in [-0.4, -0.2) is 35.0 Å². The molecule has 0 aromatic carbocycles. The van der Waals surface area contributed by atoms with Crippen LogP contribution in [0.25, 0.3) is 0 Å². The molecule has 3 heterocycles. The highest BCUT2D eigenvalue weighted by Gasteiger charge is 2.31. The van der Waals surface area contributed by atoms with Crippen LogP contribution < -0.4 is 5.32 Å². The molecule has 0 unspecified atom stereocenters. The van der Waals surface area contributed by atoms with Gasteiger partial charge in [0.15, 0.2) is 11.5 Å². The standard InChI is InChI=1S/C16H19N5S/c1-21-8-2-4-12(15(21)14-5-3-9-22-14)11-20-16-13(10-17)18-6-7-19-16/h3,5-7,9,12,15H,2,4,8,11H2,1H3,(H,19,20)/t12-,15+/m0/s1. The number of piperidine rings is 1. The molecular formula is C16H19N5S. The van der Waals surface area contributed by atoms with Crippen molar-refractivity contribution < 1.29 is 0 Å². The van der Waals surface area contributed by atoms with Crippen LogP contribution in [-0.2, 0) is 0 Å². The normalized spacial score (nSPS) is 22.2. The molecule has 6 heteroatoms. The van der Waals surface area contributed by atoms with E-state index in [2.05, 4.69) is 50.8 Å². The lowest BCUT2D eigenvalue weighted by Crippen LogP contribution is -2.38. The van der Waals surface area contributed by atoms with E-state index in [1.165, 1.54) is 17.7 Å². The molecule has 3 rings (SSSR count). The van der Waals surface area contributed by atoms with E-state index in [-0.39, 0.29) is 0 Å². The molecule has 0 radical (unpaired) electrons. The number of anilines is 1. The van der Waals surface area contributed by atoms with Crippen molar-refractivity contribution in [2.75, 3.05) is 25.5 Å². The number of nitrogens with zero attached hydrogens (tertiary/aromatic N) is 4. The lowest BCUT2D eigenvalue weighted by Gasteiger charge is -2.39. The van der Waals surface area contributed by atoms with Crippen LogP contribution >= 0.6 is 11.3 Å². The number of likely N-dealkylation sites (tertiary alicyclic amines) is 1. The highest BCUT2D eigenvalue weighted by atomic mass is 32.1. The topological polar surface area (TPSA) is 64.8 Å². The number of thiophene rings is 1. The van der Waals surface area contributed by atoms with Crippen molar-refractivity contribution >= 4 is 17.2 Å². The maximum atomic E-state index is 9.10. The SMILES string of the molecule is CN1CCC[C@@H](CNc2nccnc2C#N)[C@@H]1c1cccs1. The van der Waals surface area contributed by atoms with Crippen LogP contribution in [0.5, 0.6) is 0 Å². The van der Waals surface area contributed by atoms with Crippen LogP contribution in [0, 0.1) is 17.2 Å². The first-order chi connectivity index (χ1) is 10.8. The van der Waals surface area contributed by atoms with E-state index in [0.717, 1.165) is 13.1 Å². The first-order valence-electron chi connectivity index (χ1n) is 7.48. The molecule has 2 atom stereocenters. The van der Waals surface area contributed by atoms with Gasteiger partial charge in [0.05, 0.1) is 0 Å². The Kier molecular flexibility index (Phi) is 4.66. The van der Waals surface area contributed by atoms with Gasteiger partial charge < -0.3 is 5.32 Å². The van der Waals surface area contributed by atoms with Gasteiger partial charge in [-0.2, -0.15) is 5.26 Å². The minimum Gasteiger partial charge on any atom is -0.367 e. The molecule has 5 nitrogen and oxygen atoms in total. The average Bonchev–Trinajstić information content (AvgIpc) is 3.07. The van der Waals surface area contributed by atoms with Gasteiger partial charge in [0.2, 0.25) is 0 Å². The summed E-state index contributed by atoms with van der Waals surface area (Å²) in [5.74, 6) is 1.09. The molecule has 1 fully saturated rings. The summed E-state index contributed by atoms with van der Waals surface area (Å²) < 4.78 is 0. The van der Waals surface area contributed by atoms with E-state index in [4.69, 9.17) is 5.26 Å². The van der Waals surface area contributed by atoms with Gasteiger partial charge in [0, 0.05) is 29.9 Å². The zero-order valence-corrected chi connectivity index (χ0v) is 13.4.